The first-order valence-electron chi connectivity index (χ1n) is 7.12. The predicted molar refractivity (Wildman–Crippen MR) is 73.4 cm³/mol. The molecule has 2 unspecified atom stereocenters. The molecule has 1 heterocycles. The van der Waals surface area contributed by atoms with Crippen LogP contribution in [0.5, 0.6) is 0 Å². The van der Waals surface area contributed by atoms with Crippen LogP contribution in [0.3, 0.4) is 0 Å². The van der Waals surface area contributed by atoms with Crippen molar-refractivity contribution in [1.29, 1.82) is 0 Å². The molecule has 1 fully saturated rings. The minimum atomic E-state index is -0.0939. The molecule has 0 saturated heterocycles. The van der Waals surface area contributed by atoms with Crippen molar-refractivity contribution >= 4 is 5.69 Å². The van der Waals surface area contributed by atoms with Gasteiger partial charge in [-0.15, -0.1) is 0 Å². The number of hydrogen-bond donors (Lipinski definition) is 1. The summed E-state index contributed by atoms with van der Waals surface area (Å²) < 4.78 is 13.8. The van der Waals surface area contributed by atoms with Crippen LogP contribution in [0.25, 0.3) is 0 Å². The van der Waals surface area contributed by atoms with Gasteiger partial charge in [-0.3, -0.25) is 0 Å². The Morgan fingerprint density at radius 1 is 1.28 bits per heavy atom. The fourth-order valence-electron chi connectivity index (χ4n) is 3.98. The Hall–Kier alpha value is -1.05. The summed E-state index contributed by atoms with van der Waals surface area (Å²) in [6.07, 6.45) is 5.27. The van der Waals surface area contributed by atoms with Crippen molar-refractivity contribution in [2.24, 2.45) is 11.3 Å². The summed E-state index contributed by atoms with van der Waals surface area (Å²) in [5.41, 5.74) is 2.34. The zero-order valence-electron chi connectivity index (χ0n) is 11.3. The monoisotopic (exact) mass is 247 g/mol. The van der Waals surface area contributed by atoms with Gasteiger partial charge in [0.15, 0.2) is 0 Å². The van der Waals surface area contributed by atoms with E-state index < -0.39 is 0 Å². The van der Waals surface area contributed by atoms with E-state index in [-0.39, 0.29) is 5.82 Å². The molecule has 0 spiro atoms. The maximum absolute atomic E-state index is 13.8. The van der Waals surface area contributed by atoms with Crippen LogP contribution in [0.1, 0.15) is 51.0 Å². The number of nitrogens with one attached hydrogen (secondary N) is 1. The second-order valence-electron chi connectivity index (χ2n) is 6.53. The summed E-state index contributed by atoms with van der Waals surface area (Å²) in [6, 6.07) is 5.51. The molecule has 2 atom stereocenters. The highest BCUT2D eigenvalue weighted by Crippen LogP contribution is 2.50. The second-order valence-corrected chi connectivity index (χ2v) is 6.53. The summed E-state index contributed by atoms with van der Waals surface area (Å²) >= 11 is 0. The van der Waals surface area contributed by atoms with E-state index >= 15 is 0 Å². The van der Waals surface area contributed by atoms with E-state index in [1.54, 1.807) is 6.07 Å². The molecule has 1 aliphatic heterocycles. The molecule has 1 nitrogen and oxygen atoms in total. The topological polar surface area (TPSA) is 12.0 Å². The summed E-state index contributed by atoms with van der Waals surface area (Å²) in [5.74, 6) is 1.08. The van der Waals surface area contributed by atoms with Crippen molar-refractivity contribution in [2.75, 3.05) is 11.9 Å². The average molecular weight is 247 g/mol. The highest BCUT2D eigenvalue weighted by molar-refractivity contribution is 5.59. The van der Waals surface area contributed by atoms with E-state index in [1.165, 1.54) is 31.2 Å². The van der Waals surface area contributed by atoms with E-state index in [1.807, 2.05) is 6.07 Å². The first-order chi connectivity index (χ1) is 8.59. The lowest BCUT2D eigenvalue weighted by molar-refractivity contribution is 0.116. The maximum Gasteiger partial charge on any atom is 0.146 e. The Morgan fingerprint density at radius 3 is 2.89 bits per heavy atom. The van der Waals surface area contributed by atoms with Gasteiger partial charge >= 0.3 is 0 Å². The third-order valence-corrected chi connectivity index (χ3v) is 5.02. The Balaban J connectivity index is 1.94. The van der Waals surface area contributed by atoms with E-state index in [0.29, 0.717) is 17.3 Å². The van der Waals surface area contributed by atoms with Gasteiger partial charge in [0, 0.05) is 12.5 Å². The zero-order valence-corrected chi connectivity index (χ0v) is 11.3. The molecule has 2 heteroatoms. The van der Waals surface area contributed by atoms with Crippen LogP contribution in [-0.2, 0) is 0 Å². The highest BCUT2D eigenvalue weighted by atomic mass is 19.1. The highest BCUT2D eigenvalue weighted by Gasteiger charge is 2.41. The SMILES string of the molecule is CC1(C)CCCCC1C1CNc2c(F)cccc21. The minimum Gasteiger partial charge on any atom is -0.382 e. The standard InChI is InChI=1S/C16H22FN/c1-16(2)9-4-3-7-13(16)12-10-18-15-11(12)6-5-8-14(15)17/h5-6,8,12-13,18H,3-4,7,9-10H2,1-2H3. The van der Waals surface area contributed by atoms with Crippen LogP contribution in [-0.4, -0.2) is 6.54 Å². The number of halogens is 1. The van der Waals surface area contributed by atoms with E-state index in [2.05, 4.69) is 25.2 Å². The maximum atomic E-state index is 13.8. The quantitative estimate of drug-likeness (QED) is 0.767. The molecule has 1 aromatic carbocycles. The molecule has 0 bridgehead atoms. The molecule has 0 aromatic heterocycles. The van der Waals surface area contributed by atoms with Crippen molar-refractivity contribution in [3.63, 3.8) is 0 Å². The van der Waals surface area contributed by atoms with Crippen LogP contribution < -0.4 is 5.32 Å². The summed E-state index contributed by atoms with van der Waals surface area (Å²) in [6.45, 7) is 5.67. The van der Waals surface area contributed by atoms with Crippen molar-refractivity contribution in [3.8, 4) is 0 Å². The van der Waals surface area contributed by atoms with Gasteiger partial charge in [-0.25, -0.2) is 4.39 Å². The zero-order chi connectivity index (χ0) is 12.8. The first-order valence-corrected chi connectivity index (χ1v) is 7.12. The third-order valence-electron chi connectivity index (χ3n) is 5.02. The molecule has 1 saturated carbocycles. The molecule has 1 aromatic rings. The number of hydrogen-bond acceptors (Lipinski definition) is 1. The fourth-order valence-corrected chi connectivity index (χ4v) is 3.98. The average Bonchev–Trinajstić information content (AvgIpc) is 2.74. The molecule has 18 heavy (non-hydrogen) atoms. The van der Waals surface area contributed by atoms with Gasteiger partial charge in [-0.2, -0.15) is 0 Å². The summed E-state index contributed by atoms with van der Waals surface area (Å²) in [4.78, 5) is 0. The molecule has 98 valence electrons. The van der Waals surface area contributed by atoms with E-state index in [9.17, 15) is 4.39 Å². The normalized spacial score (nSPS) is 29.7. The minimum absolute atomic E-state index is 0.0939. The predicted octanol–water partition coefficient (Wildman–Crippen LogP) is 4.55. The molecular formula is C16H22FN. The Morgan fingerprint density at radius 2 is 2.11 bits per heavy atom. The summed E-state index contributed by atoms with van der Waals surface area (Å²) in [7, 11) is 0. The van der Waals surface area contributed by atoms with Crippen LogP contribution in [0.4, 0.5) is 10.1 Å². The number of para-hydroxylation sites is 1. The van der Waals surface area contributed by atoms with E-state index in [4.69, 9.17) is 0 Å². The molecule has 3 rings (SSSR count). The molecule has 1 aliphatic carbocycles. The lowest BCUT2D eigenvalue weighted by atomic mass is 9.63. The van der Waals surface area contributed by atoms with Gasteiger partial charge in [0.1, 0.15) is 5.82 Å². The van der Waals surface area contributed by atoms with Gasteiger partial charge in [-0.05, 0) is 35.8 Å². The molecule has 1 N–H and O–H groups in total. The number of rotatable bonds is 1. The molecule has 0 amide bonds. The summed E-state index contributed by atoms with van der Waals surface area (Å²) in [5, 5.41) is 3.28. The Kier molecular flexibility index (Phi) is 2.84. The van der Waals surface area contributed by atoms with Gasteiger partial charge in [0.2, 0.25) is 0 Å². The van der Waals surface area contributed by atoms with Gasteiger partial charge in [0.25, 0.3) is 0 Å². The smallest absolute Gasteiger partial charge is 0.146 e. The van der Waals surface area contributed by atoms with Crippen LogP contribution in [0, 0.1) is 17.2 Å². The Bertz CT molecular complexity index is 452. The largest absolute Gasteiger partial charge is 0.382 e. The van der Waals surface area contributed by atoms with Crippen LogP contribution in [0.2, 0.25) is 0 Å². The van der Waals surface area contributed by atoms with Crippen molar-refractivity contribution in [3.05, 3.63) is 29.6 Å². The van der Waals surface area contributed by atoms with Gasteiger partial charge in [0.05, 0.1) is 5.69 Å². The Labute approximate surface area is 109 Å². The van der Waals surface area contributed by atoms with Crippen molar-refractivity contribution < 1.29 is 4.39 Å². The van der Waals surface area contributed by atoms with Gasteiger partial charge in [-0.1, -0.05) is 38.8 Å². The molecule has 2 aliphatic rings. The molecular weight excluding hydrogens is 225 g/mol. The lowest BCUT2D eigenvalue weighted by Crippen LogP contribution is -2.33. The van der Waals surface area contributed by atoms with E-state index in [0.717, 1.165) is 12.2 Å². The number of anilines is 1. The van der Waals surface area contributed by atoms with Crippen molar-refractivity contribution in [1.82, 2.24) is 0 Å². The number of benzene rings is 1. The number of fused-ring (bicyclic) bond motifs is 1. The van der Waals surface area contributed by atoms with Gasteiger partial charge < -0.3 is 5.32 Å². The fraction of sp³-hybridized carbons (Fsp3) is 0.625. The third kappa shape index (κ3) is 1.82. The molecule has 0 radical (unpaired) electrons. The van der Waals surface area contributed by atoms with Crippen LogP contribution in [0.15, 0.2) is 18.2 Å². The van der Waals surface area contributed by atoms with Crippen LogP contribution >= 0.6 is 0 Å². The van der Waals surface area contributed by atoms with Crippen molar-refractivity contribution in [2.45, 2.75) is 45.4 Å². The lowest BCUT2D eigenvalue weighted by Gasteiger charge is -2.42. The second kappa shape index (κ2) is 4.25. The first kappa shape index (κ1) is 12.0.